The van der Waals surface area contributed by atoms with Crippen LogP contribution in [0.4, 0.5) is 0 Å². The molecule has 6 nitrogen and oxygen atoms in total. The van der Waals surface area contributed by atoms with E-state index in [-0.39, 0.29) is 31.1 Å². The molecule has 0 rings (SSSR count). The van der Waals surface area contributed by atoms with E-state index in [1.165, 1.54) is 122 Å². The molecule has 0 saturated heterocycles. The predicted molar refractivity (Wildman–Crippen MR) is 270 cm³/mol. The van der Waals surface area contributed by atoms with Crippen LogP contribution in [0.1, 0.15) is 265 Å². The maximum atomic E-state index is 12.8. The second-order valence-electron chi connectivity index (χ2n) is 17.8. The molecule has 1 atom stereocenters. The molecule has 63 heavy (non-hydrogen) atoms. The van der Waals surface area contributed by atoms with Gasteiger partial charge in [-0.05, 0) is 89.9 Å². The Bertz CT molecular complexity index is 1150. The van der Waals surface area contributed by atoms with Crippen LogP contribution in [0.25, 0.3) is 0 Å². The largest absolute Gasteiger partial charge is 0.462 e. The Kier molecular flexibility index (Phi) is 49.4. The summed E-state index contributed by atoms with van der Waals surface area (Å²) in [5.41, 5.74) is 0. The molecule has 0 aliphatic heterocycles. The minimum absolute atomic E-state index is 0.0908. The van der Waals surface area contributed by atoms with Crippen LogP contribution in [0, 0.1) is 0 Å². The predicted octanol–water partition coefficient (Wildman–Crippen LogP) is 17.6. The first kappa shape index (κ1) is 60.1. The Balaban J connectivity index is 4.40. The van der Waals surface area contributed by atoms with Crippen LogP contribution in [0.15, 0.2) is 60.8 Å². The van der Waals surface area contributed by atoms with Crippen LogP contribution in [0.2, 0.25) is 0 Å². The van der Waals surface area contributed by atoms with Gasteiger partial charge in [0.15, 0.2) is 6.10 Å². The molecule has 0 aromatic heterocycles. The molecular weight excluding hydrogens is 781 g/mol. The molecular formula is C57H100O6. The topological polar surface area (TPSA) is 78.9 Å². The van der Waals surface area contributed by atoms with E-state index in [0.29, 0.717) is 19.3 Å². The number of esters is 3. The van der Waals surface area contributed by atoms with Crippen molar-refractivity contribution in [2.45, 2.75) is 271 Å². The van der Waals surface area contributed by atoms with Crippen molar-refractivity contribution < 1.29 is 28.6 Å². The summed E-state index contributed by atoms with van der Waals surface area (Å²) in [4.78, 5) is 38.0. The Hall–Kier alpha value is -2.89. The Morgan fingerprint density at radius 3 is 1.02 bits per heavy atom. The van der Waals surface area contributed by atoms with Gasteiger partial charge in [0.2, 0.25) is 0 Å². The van der Waals surface area contributed by atoms with Crippen molar-refractivity contribution in [3.8, 4) is 0 Å². The van der Waals surface area contributed by atoms with E-state index >= 15 is 0 Å². The number of carbonyl (C=O) groups is 3. The van der Waals surface area contributed by atoms with Crippen molar-refractivity contribution >= 4 is 17.9 Å². The summed E-state index contributed by atoms with van der Waals surface area (Å²) in [6, 6.07) is 0. The van der Waals surface area contributed by atoms with Crippen LogP contribution in [0.5, 0.6) is 0 Å². The highest BCUT2D eigenvalue weighted by Gasteiger charge is 2.19. The summed E-state index contributed by atoms with van der Waals surface area (Å²) in [6.45, 7) is 6.48. The van der Waals surface area contributed by atoms with Crippen molar-refractivity contribution in [1.29, 1.82) is 0 Å². The van der Waals surface area contributed by atoms with Crippen LogP contribution >= 0.6 is 0 Å². The molecule has 0 saturated carbocycles. The summed E-state index contributed by atoms with van der Waals surface area (Å²) in [5, 5.41) is 0. The van der Waals surface area contributed by atoms with Crippen molar-refractivity contribution in [3.05, 3.63) is 60.8 Å². The molecule has 0 spiro atoms. The third kappa shape index (κ3) is 50.0. The number of rotatable bonds is 48. The maximum absolute atomic E-state index is 12.8. The average Bonchev–Trinajstić information content (AvgIpc) is 3.28. The highest BCUT2D eigenvalue weighted by molar-refractivity contribution is 5.71. The van der Waals surface area contributed by atoms with Gasteiger partial charge in [0.25, 0.3) is 0 Å². The van der Waals surface area contributed by atoms with Gasteiger partial charge in [-0.3, -0.25) is 14.4 Å². The van der Waals surface area contributed by atoms with Gasteiger partial charge in [-0.1, -0.05) is 216 Å². The molecule has 364 valence electrons. The quantitative estimate of drug-likeness (QED) is 0.0199. The molecule has 0 aliphatic carbocycles. The molecule has 6 heteroatoms. The number of unbranched alkanes of at least 4 members (excludes halogenated alkanes) is 29. The first-order chi connectivity index (χ1) is 31.0. The molecule has 0 N–H and O–H groups in total. The summed E-state index contributed by atoms with van der Waals surface area (Å²) < 4.78 is 16.8. The Morgan fingerprint density at radius 1 is 0.333 bits per heavy atom. The molecule has 0 aliphatic rings. The number of hydrogen-bond acceptors (Lipinski definition) is 6. The fraction of sp³-hybridized carbons (Fsp3) is 0.772. The van der Waals surface area contributed by atoms with Gasteiger partial charge in [0, 0.05) is 19.3 Å². The number of allylic oxidation sites excluding steroid dienone is 10. The summed E-state index contributed by atoms with van der Waals surface area (Å²) in [7, 11) is 0. The van der Waals surface area contributed by atoms with Gasteiger partial charge < -0.3 is 14.2 Å². The number of ether oxygens (including phenoxy) is 3. The lowest BCUT2D eigenvalue weighted by Crippen LogP contribution is -2.30. The summed E-state index contributed by atoms with van der Waals surface area (Å²) in [6.07, 6.45) is 63.5. The van der Waals surface area contributed by atoms with E-state index in [9.17, 15) is 14.4 Å². The monoisotopic (exact) mass is 881 g/mol. The third-order valence-electron chi connectivity index (χ3n) is 11.5. The van der Waals surface area contributed by atoms with Gasteiger partial charge in [-0.2, -0.15) is 0 Å². The molecule has 0 aromatic rings. The molecule has 1 unspecified atom stereocenters. The van der Waals surface area contributed by atoms with E-state index < -0.39 is 6.10 Å². The molecule has 0 aromatic carbocycles. The maximum Gasteiger partial charge on any atom is 0.306 e. The standard InChI is InChI=1S/C57H100O6/c1-4-7-10-13-16-19-22-25-27-28-29-30-33-35-38-41-44-47-50-56(59)62-53-54(52-61-55(58)49-46-43-40-37-34-31-24-21-18-15-12-9-6-3)63-57(60)51-48-45-42-39-36-32-26-23-20-17-14-11-8-5-2/h9,12,15,18,21,24,29-30,32,36,54H,4-8,10-11,13-14,16-17,19-20,22-23,25-28,31,33-35,37-53H2,1-3H3/b12-9+,18-15+,24-21+,30-29+,36-32+. The van der Waals surface area contributed by atoms with E-state index in [2.05, 4.69) is 81.5 Å². The minimum atomic E-state index is -0.793. The summed E-state index contributed by atoms with van der Waals surface area (Å²) in [5.74, 6) is -0.930. The fourth-order valence-electron chi connectivity index (χ4n) is 7.49. The van der Waals surface area contributed by atoms with Gasteiger partial charge in [-0.25, -0.2) is 0 Å². The first-order valence-electron chi connectivity index (χ1n) is 26.8. The Labute approximate surface area is 390 Å². The van der Waals surface area contributed by atoms with E-state index in [0.717, 1.165) is 103 Å². The van der Waals surface area contributed by atoms with Crippen LogP contribution in [-0.4, -0.2) is 37.2 Å². The molecule has 0 radical (unpaired) electrons. The smallest absolute Gasteiger partial charge is 0.306 e. The second-order valence-corrected chi connectivity index (χ2v) is 17.8. The van der Waals surface area contributed by atoms with E-state index in [1.807, 2.05) is 0 Å². The van der Waals surface area contributed by atoms with Gasteiger partial charge in [0.05, 0.1) is 0 Å². The summed E-state index contributed by atoms with van der Waals surface area (Å²) >= 11 is 0. The lowest BCUT2D eigenvalue weighted by atomic mass is 10.1. The zero-order chi connectivity index (χ0) is 45.8. The van der Waals surface area contributed by atoms with Crippen molar-refractivity contribution in [1.82, 2.24) is 0 Å². The average molecular weight is 881 g/mol. The molecule has 0 heterocycles. The molecule has 0 bridgehead atoms. The number of hydrogen-bond donors (Lipinski definition) is 0. The molecule has 0 fully saturated rings. The van der Waals surface area contributed by atoms with Crippen LogP contribution in [0.3, 0.4) is 0 Å². The zero-order valence-electron chi connectivity index (χ0n) is 41.6. The zero-order valence-corrected chi connectivity index (χ0v) is 41.6. The fourth-order valence-corrected chi connectivity index (χ4v) is 7.49. The van der Waals surface area contributed by atoms with Crippen LogP contribution in [-0.2, 0) is 28.6 Å². The highest BCUT2D eigenvalue weighted by atomic mass is 16.6. The third-order valence-corrected chi connectivity index (χ3v) is 11.5. The van der Waals surface area contributed by atoms with Crippen molar-refractivity contribution in [2.24, 2.45) is 0 Å². The second kappa shape index (κ2) is 51.7. The van der Waals surface area contributed by atoms with Gasteiger partial charge in [-0.15, -0.1) is 0 Å². The molecule has 0 amide bonds. The van der Waals surface area contributed by atoms with Gasteiger partial charge in [0.1, 0.15) is 13.2 Å². The van der Waals surface area contributed by atoms with Crippen molar-refractivity contribution in [3.63, 3.8) is 0 Å². The lowest BCUT2D eigenvalue weighted by Gasteiger charge is -2.18. The van der Waals surface area contributed by atoms with Crippen molar-refractivity contribution in [2.75, 3.05) is 13.2 Å². The van der Waals surface area contributed by atoms with E-state index in [4.69, 9.17) is 14.2 Å². The lowest BCUT2D eigenvalue weighted by molar-refractivity contribution is -0.167. The van der Waals surface area contributed by atoms with Gasteiger partial charge >= 0.3 is 17.9 Å². The first-order valence-corrected chi connectivity index (χ1v) is 26.8. The minimum Gasteiger partial charge on any atom is -0.462 e. The van der Waals surface area contributed by atoms with Crippen LogP contribution < -0.4 is 0 Å². The number of carbonyl (C=O) groups excluding carboxylic acids is 3. The normalized spacial score (nSPS) is 12.5. The highest BCUT2D eigenvalue weighted by Crippen LogP contribution is 2.14. The Morgan fingerprint density at radius 2 is 0.635 bits per heavy atom. The van der Waals surface area contributed by atoms with E-state index in [1.54, 1.807) is 0 Å². The SMILES string of the molecule is CC/C=C/C=C/C=C/CCCCCCCC(=O)OCC(COC(=O)CCCCCCC/C=C/CCCCCCCCCCC)OC(=O)CCCCC/C=C/CCCCCCCCC.